The Morgan fingerprint density at radius 3 is 2.97 bits per heavy atom. The maximum Gasteiger partial charge on any atom is 0.237 e. The van der Waals surface area contributed by atoms with Gasteiger partial charge in [-0.15, -0.1) is 11.3 Å². The second-order valence-electron chi connectivity index (χ2n) is 8.61. The molecular formula is C24H24N4O3S2. The number of thiophene rings is 1. The van der Waals surface area contributed by atoms with E-state index in [-0.39, 0.29) is 16.8 Å². The summed E-state index contributed by atoms with van der Waals surface area (Å²) < 4.78 is 12.2. The number of pyridine rings is 1. The maximum absolute atomic E-state index is 12.8. The molecule has 1 N–H and O–H groups in total. The van der Waals surface area contributed by atoms with Gasteiger partial charge in [-0.2, -0.15) is 0 Å². The number of anilines is 1. The maximum atomic E-state index is 12.8. The van der Waals surface area contributed by atoms with E-state index in [0.29, 0.717) is 18.0 Å². The molecule has 4 aromatic rings. The van der Waals surface area contributed by atoms with Gasteiger partial charge in [-0.1, -0.05) is 17.8 Å². The molecule has 5 rings (SSSR count). The van der Waals surface area contributed by atoms with E-state index in [1.54, 1.807) is 30.8 Å². The number of carbonyl (C=O) groups excluding carboxylic acids is 1. The summed E-state index contributed by atoms with van der Waals surface area (Å²) >= 11 is 3.00. The largest absolute Gasteiger partial charge is 0.497 e. The Morgan fingerprint density at radius 2 is 2.15 bits per heavy atom. The summed E-state index contributed by atoms with van der Waals surface area (Å²) in [4.78, 5) is 27.7. The number of nitrogens with zero attached hydrogens (tertiary/aromatic N) is 3. The highest BCUT2D eigenvalue weighted by molar-refractivity contribution is 8.00. The van der Waals surface area contributed by atoms with Crippen LogP contribution in [0.3, 0.4) is 0 Å². The third-order valence-electron chi connectivity index (χ3n) is 5.59. The van der Waals surface area contributed by atoms with Gasteiger partial charge in [0.1, 0.15) is 21.9 Å². The van der Waals surface area contributed by atoms with Crippen molar-refractivity contribution in [2.24, 2.45) is 0 Å². The van der Waals surface area contributed by atoms with E-state index in [2.05, 4.69) is 35.2 Å². The van der Waals surface area contributed by atoms with Crippen LogP contribution in [-0.2, 0) is 22.6 Å². The first-order valence-corrected chi connectivity index (χ1v) is 12.3. The van der Waals surface area contributed by atoms with Gasteiger partial charge in [0.15, 0.2) is 0 Å². The van der Waals surface area contributed by atoms with Crippen LogP contribution in [0.1, 0.15) is 32.0 Å². The Bertz CT molecular complexity index is 1370. The summed E-state index contributed by atoms with van der Waals surface area (Å²) in [5.41, 5.74) is 3.55. The number of aromatic nitrogens is 3. The normalized spacial score (nSPS) is 15.9. The molecule has 1 atom stereocenters. The zero-order valence-corrected chi connectivity index (χ0v) is 20.5. The molecule has 7 nitrogen and oxygen atoms in total. The zero-order valence-electron chi connectivity index (χ0n) is 18.8. The molecule has 1 amide bonds. The number of benzene rings is 1. The van der Waals surface area contributed by atoms with Gasteiger partial charge in [0.25, 0.3) is 0 Å². The van der Waals surface area contributed by atoms with Crippen molar-refractivity contribution in [1.29, 1.82) is 0 Å². The molecule has 0 aliphatic carbocycles. The first-order chi connectivity index (χ1) is 15.8. The molecule has 4 heterocycles. The van der Waals surface area contributed by atoms with Gasteiger partial charge >= 0.3 is 0 Å². The molecule has 0 radical (unpaired) electrons. The van der Waals surface area contributed by atoms with Crippen LogP contribution in [0, 0.1) is 0 Å². The van der Waals surface area contributed by atoms with E-state index in [1.165, 1.54) is 11.8 Å². The van der Waals surface area contributed by atoms with Crippen molar-refractivity contribution in [1.82, 2.24) is 15.0 Å². The van der Waals surface area contributed by atoms with E-state index in [4.69, 9.17) is 14.5 Å². The zero-order chi connectivity index (χ0) is 23.2. The molecule has 0 saturated heterocycles. The van der Waals surface area contributed by atoms with Crippen LogP contribution in [-0.4, -0.2) is 38.8 Å². The van der Waals surface area contributed by atoms with Crippen LogP contribution in [0.2, 0.25) is 0 Å². The topological polar surface area (TPSA) is 86.2 Å². The summed E-state index contributed by atoms with van der Waals surface area (Å²) in [5.74, 6) is 0.592. The number of carbonyl (C=O) groups is 1. The number of hydrogen-bond donors (Lipinski definition) is 1. The van der Waals surface area contributed by atoms with Crippen molar-refractivity contribution >= 4 is 55.1 Å². The van der Waals surface area contributed by atoms with Gasteiger partial charge in [0, 0.05) is 29.1 Å². The summed E-state index contributed by atoms with van der Waals surface area (Å²) in [6.07, 6.45) is 2.34. The minimum Gasteiger partial charge on any atom is -0.497 e. The molecule has 0 unspecified atom stereocenters. The molecule has 33 heavy (non-hydrogen) atoms. The monoisotopic (exact) mass is 480 g/mol. The highest BCUT2D eigenvalue weighted by Crippen LogP contribution is 2.39. The second kappa shape index (κ2) is 8.55. The fourth-order valence-electron chi connectivity index (χ4n) is 3.81. The fraction of sp³-hybridized carbons (Fsp3) is 0.333. The highest BCUT2D eigenvalue weighted by Gasteiger charge is 2.28. The average Bonchev–Trinajstić information content (AvgIpc) is 3.15. The van der Waals surface area contributed by atoms with Gasteiger partial charge in [-0.3, -0.25) is 4.79 Å². The van der Waals surface area contributed by atoms with E-state index < -0.39 is 0 Å². The lowest BCUT2D eigenvalue weighted by Gasteiger charge is -2.30. The van der Waals surface area contributed by atoms with E-state index in [0.717, 1.165) is 43.1 Å². The van der Waals surface area contributed by atoms with Gasteiger partial charge in [-0.25, -0.2) is 15.0 Å². The Hall–Kier alpha value is -2.75. The van der Waals surface area contributed by atoms with E-state index in [9.17, 15) is 4.79 Å². The third-order valence-corrected chi connectivity index (χ3v) is 7.91. The Morgan fingerprint density at radius 1 is 1.30 bits per heavy atom. The van der Waals surface area contributed by atoms with Crippen molar-refractivity contribution < 1.29 is 14.3 Å². The molecule has 1 aromatic carbocycles. The van der Waals surface area contributed by atoms with Crippen molar-refractivity contribution in [3.8, 4) is 5.75 Å². The lowest BCUT2D eigenvalue weighted by molar-refractivity contribution is -0.115. The fourth-order valence-corrected chi connectivity index (χ4v) is 5.91. The van der Waals surface area contributed by atoms with E-state index in [1.807, 2.05) is 25.1 Å². The molecule has 1 aliphatic heterocycles. The van der Waals surface area contributed by atoms with Crippen LogP contribution < -0.4 is 10.1 Å². The number of methoxy groups -OCH3 is 1. The molecular weight excluding hydrogens is 456 g/mol. The smallest absolute Gasteiger partial charge is 0.237 e. The number of hydrogen-bond acceptors (Lipinski definition) is 8. The Balaban J connectivity index is 1.42. The number of amides is 1. The van der Waals surface area contributed by atoms with Crippen molar-refractivity contribution in [3.63, 3.8) is 0 Å². The van der Waals surface area contributed by atoms with Crippen LogP contribution in [0.5, 0.6) is 5.75 Å². The summed E-state index contributed by atoms with van der Waals surface area (Å²) in [6.45, 7) is 6.60. The first kappa shape index (κ1) is 22.1. The Labute approximate surface area is 199 Å². The van der Waals surface area contributed by atoms with Crippen LogP contribution in [0.4, 0.5) is 5.69 Å². The van der Waals surface area contributed by atoms with Crippen molar-refractivity contribution in [2.45, 2.75) is 49.7 Å². The minimum absolute atomic E-state index is 0.103. The number of rotatable bonds is 5. The average molecular weight is 481 g/mol. The molecule has 0 bridgehead atoms. The summed E-state index contributed by atoms with van der Waals surface area (Å²) in [6, 6.07) is 9.46. The lowest BCUT2D eigenvalue weighted by atomic mass is 9.95. The van der Waals surface area contributed by atoms with Crippen molar-refractivity contribution in [2.75, 3.05) is 12.4 Å². The minimum atomic E-state index is -0.352. The standard InChI is InChI=1S/C24H24N4O3S2/c1-13(21(29)27-15-6-5-7-16(9-15)30-4)32-23-20-19(25-12-26-23)17-8-14-11-31-24(2,3)10-18(14)28-22(17)33-20/h5-9,12-13H,10-11H2,1-4H3,(H,27,29)/t13-/m0/s1. The van der Waals surface area contributed by atoms with Gasteiger partial charge in [-0.05, 0) is 39.0 Å². The molecule has 0 spiro atoms. The molecule has 9 heteroatoms. The summed E-state index contributed by atoms with van der Waals surface area (Å²) in [5, 5.41) is 4.39. The van der Waals surface area contributed by atoms with Gasteiger partial charge in [0.05, 0.1) is 40.5 Å². The van der Waals surface area contributed by atoms with Crippen molar-refractivity contribution in [3.05, 3.63) is 47.9 Å². The third kappa shape index (κ3) is 4.40. The van der Waals surface area contributed by atoms with Gasteiger partial charge < -0.3 is 14.8 Å². The van der Waals surface area contributed by atoms with Gasteiger partial charge in [0.2, 0.25) is 5.91 Å². The Kier molecular flexibility index (Phi) is 5.72. The summed E-state index contributed by atoms with van der Waals surface area (Å²) in [7, 11) is 1.60. The molecule has 3 aromatic heterocycles. The number of thioether (sulfide) groups is 1. The second-order valence-corrected chi connectivity index (χ2v) is 10.9. The number of nitrogens with one attached hydrogen (secondary N) is 1. The quantitative estimate of drug-likeness (QED) is 0.310. The molecule has 170 valence electrons. The van der Waals surface area contributed by atoms with E-state index >= 15 is 0 Å². The van der Waals surface area contributed by atoms with Crippen LogP contribution in [0.25, 0.3) is 20.4 Å². The lowest BCUT2D eigenvalue weighted by Crippen LogP contribution is -2.32. The predicted molar refractivity (Wildman–Crippen MR) is 132 cm³/mol. The first-order valence-electron chi connectivity index (χ1n) is 10.6. The SMILES string of the molecule is COc1cccc(NC(=O)[C@H](C)Sc2ncnc3c2sc2nc4c(cc23)COC(C)(C)C4)c1. The van der Waals surface area contributed by atoms with Crippen LogP contribution >= 0.6 is 23.1 Å². The molecule has 1 aliphatic rings. The van der Waals surface area contributed by atoms with Crippen LogP contribution in [0.15, 0.2) is 41.7 Å². The predicted octanol–water partition coefficient (Wildman–Crippen LogP) is 5.22. The molecule has 0 saturated carbocycles. The highest BCUT2D eigenvalue weighted by atomic mass is 32.2. The molecule has 0 fully saturated rings. The number of ether oxygens (including phenoxy) is 2. The number of fused-ring (bicyclic) bond motifs is 4.